The fourth-order valence-electron chi connectivity index (χ4n) is 2.32. The minimum absolute atomic E-state index is 0.00799. The molecule has 3 N–H and O–H groups in total. The Labute approximate surface area is 154 Å². The Morgan fingerprint density at radius 2 is 2.12 bits per heavy atom. The Hall–Kier alpha value is -1.87. The van der Waals surface area contributed by atoms with Crippen LogP contribution in [-0.2, 0) is 11.2 Å². The van der Waals surface area contributed by atoms with Gasteiger partial charge in [0.05, 0.1) is 11.1 Å². The molecule has 25 heavy (non-hydrogen) atoms. The van der Waals surface area contributed by atoms with Crippen LogP contribution in [0.25, 0.3) is 10.2 Å². The Balaban J connectivity index is 2.21. The highest BCUT2D eigenvalue weighted by Gasteiger charge is 2.17. The first kappa shape index (κ1) is 19.5. The molecule has 2 aromatic heterocycles. The summed E-state index contributed by atoms with van der Waals surface area (Å²) in [5.41, 5.74) is 0.888. The number of aromatic amines is 1. The third-order valence-corrected chi connectivity index (χ3v) is 5.83. The molecule has 0 bridgehead atoms. The number of urea groups is 1. The van der Waals surface area contributed by atoms with E-state index in [4.69, 9.17) is 0 Å². The number of hydrogen-bond donors (Lipinski definition) is 3. The zero-order valence-corrected chi connectivity index (χ0v) is 16.3. The lowest BCUT2D eigenvalue weighted by atomic mass is 9.98. The summed E-state index contributed by atoms with van der Waals surface area (Å²) in [6, 6.07) is -0.564. The average Bonchev–Trinajstić information content (AvgIpc) is 2.88. The molecule has 0 unspecified atom stereocenters. The number of thiophene rings is 1. The molecule has 2 heterocycles. The third-order valence-electron chi connectivity index (χ3n) is 3.91. The van der Waals surface area contributed by atoms with Crippen LogP contribution in [-0.4, -0.2) is 34.7 Å². The lowest BCUT2D eigenvalue weighted by Crippen LogP contribution is -2.38. The van der Waals surface area contributed by atoms with Gasteiger partial charge in [0.1, 0.15) is 4.83 Å². The molecule has 0 aliphatic heterocycles. The first-order valence-corrected chi connectivity index (χ1v) is 9.82. The Kier molecular flexibility index (Phi) is 6.60. The van der Waals surface area contributed by atoms with Gasteiger partial charge in [0.25, 0.3) is 5.56 Å². The van der Waals surface area contributed by atoms with Gasteiger partial charge >= 0.3 is 6.03 Å². The molecule has 3 amide bonds. The lowest BCUT2D eigenvalue weighted by Gasteiger charge is -2.08. The maximum absolute atomic E-state index is 12.5. The van der Waals surface area contributed by atoms with Gasteiger partial charge in [-0.3, -0.25) is 14.9 Å². The number of fused-ring (bicyclic) bond motifs is 1. The predicted molar refractivity (Wildman–Crippen MR) is 101 cm³/mol. The van der Waals surface area contributed by atoms with Crippen LogP contribution in [0.3, 0.4) is 0 Å². The Bertz CT molecular complexity index is 844. The van der Waals surface area contributed by atoms with Gasteiger partial charge in [-0.25, -0.2) is 9.78 Å². The third kappa shape index (κ3) is 4.82. The van der Waals surface area contributed by atoms with E-state index in [1.807, 2.05) is 6.92 Å². The van der Waals surface area contributed by atoms with E-state index in [9.17, 15) is 14.4 Å². The molecule has 0 spiro atoms. The smallest absolute Gasteiger partial charge is 0.321 e. The van der Waals surface area contributed by atoms with E-state index in [2.05, 4.69) is 34.4 Å². The number of nitrogens with one attached hydrogen (secondary N) is 3. The number of carbonyl (C=O) groups excluding carboxylic acids is 2. The van der Waals surface area contributed by atoms with E-state index in [0.29, 0.717) is 21.3 Å². The monoisotopic (exact) mass is 382 g/mol. The van der Waals surface area contributed by atoms with Crippen molar-refractivity contribution in [3.05, 3.63) is 20.8 Å². The summed E-state index contributed by atoms with van der Waals surface area (Å²) in [6.07, 6.45) is 1.91. The average molecular weight is 383 g/mol. The van der Waals surface area contributed by atoms with E-state index < -0.39 is 11.9 Å². The van der Waals surface area contributed by atoms with Crippen LogP contribution >= 0.6 is 23.1 Å². The van der Waals surface area contributed by atoms with Crippen molar-refractivity contribution in [3.8, 4) is 0 Å². The second-order valence-corrected chi connectivity index (χ2v) is 7.99. The highest BCUT2D eigenvalue weighted by molar-refractivity contribution is 7.99. The standard InChI is InChI=1S/C16H22N4O3S2/c1-5-8(2)6-10-9(3)25-14-12(10)13(22)19-16(20-14)24-7-11(21)18-15(23)17-4/h8H,5-7H2,1-4H3,(H,19,20,22)(H2,17,18,21,23)/t8-/m1/s1. The minimum Gasteiger partial charge on any atom is -0.341 e. The van der Waals surface area contributed by atoms with E-state index >= 15 is 0 Å². The molecule has 0 aliphatic carbocycles. The number of imide groups is 1. The summed E-state index contributed by atoms with van der Waals surface area (Å²) < 4.78 is 0. The number of nitrogens with zero attached hydrogens (tertiary/aromatic N) is 1. The maximum Gasteiger partial charge on any atom is 0.321 e. The highest BCUT2D eigenvalue weighted by Crippen LogP contribution is 2.30. The van der Waals surface area contributed by atoms with Crippen LogP contribution < -0.4 is 16.2 Å². The predicted octanol–water partition coefficient (Wildman–Crippen LogP) is 2.43. The van der Waals surface area contributed by atoms with Crippen molar-refractivity contribution < 1.29 is 9.59 Å². The van der Waals surface area contributed by atoms with Crippen molar-refractivity contribution in [1.82, 2.24) is 20.6 Å². The van der Waals surface area contributed by atoms with Crippen molar-refractivity contribution in [1.29, 1.82) is 0 Å². The second-order valence-electron chi connectivity index (χ2n) is 5.82. The first-order valence-electron chi connectivity index (χ1n) is 8.02. The molecular formula is C16H22N4O3S2. The van der Waals surface area contributed by atoms with Gasteiger partial charge < -0.3 is 10.3 Å². The molecule has 0 aromatic carbocycles. The fourth-order valence-corrected chi connectivity index (χ4v) is 4.09. The first-order chi connectivity index (χ1) is 11.8. The van der Waals surface area contributed by atoms with E-state index in [-0.39, 0.29) is 11.3 Å². The van der Waals surface area contributed by atoms with E-state index in [1.54, 1.807) is 0 Å². The molecule has 2 aromatic rings. The molecular weight excluding hydrogens is 360 g/mol. The van der Waals surface area contributed by atoms with E-state index in [1.165, 1.54) is 18.4 Å². The largest absolute Gasteiger partial charge is 0.341 e. The summed E-state index contributed by atoms with van der Waals surface area (Å²) in [5, 5.41) is 5.50. The molecule has 0 saturated heterocycles. The van der Waals surface area contributed by atoms with Crippen molar-refractivity contribution >= 4 is 45.3 Å². The number of carbonyl (C=O) groups is 2. The molecule has 2 rings (SSSR count). The zero-order valence-electron chi connectivity index (χ0n) is 14.7. The molecule has 9 heteroatoms. The quantitative estimate of drug-likeness (QED) is 0.526. The normalized spacial score (nSPS) is 12.2. The number of H-pyrrole nitrogens is 1. The van der Waals surface area contributed by atoms with Gasteiger partial charge in [-0.15, -0.1) is 11.3 Å². The van der Waals surface area contributed by atoms with Crippen molar-refractivity contribution in [2.75, 3.05) is 12.8 Å². The van der Waals surface area contributed by atoms with Crippen molar-refractivity contribution in [2.24, 2.45) is 5.92 Å². The molecule has 0 saturated carbocycles. The van der Waals surface area contributed by atoms with Crippen LogP contribution in [0.4, 0.5) is 4.79 Å². The van der Waals surface area contributed by atoms with Crippen molar-refractivity contribution in [2.45, 2.75) is 38.8 Å². The molecule has 7 nitrogen and oxygen atoms in total. The molecule has 0 fully saturated rings. The highest BCUT2D eigenvalue weighted by atomic mass is 32.2. The Morgan fingerprint density at radius 1 is 1.40 bits per heavy atom. The molecule has 1 atom stereocenters. The number of aromatic nitrogens is 2. The summed E-state index contributed by atoms with van der Waals surface area (Å²) in [7, 11) is 1.43. The number of thioether (sulfide) groups is 1. The molecule has 0 aliphatic rings. The summed E-state index contributed by atoms with van der Waals surface area (Å²) in [5.74, 6) is 0.0386. The summed E-state index contributed by atoms with van der Waals surface area (Å²) in [6.45, 7) is 6.31. The summed E-state index contributed by atoms with van der Waals surface area (Å²) in [4.78, 5) is 44.2. The van der Waals surface area contributed by atoms with Gasteiger partial charge in [0.15, 0.2) is 5.16 Å². The number of aryl methyl sites for hydroxylation is 1. The van der Waals surface area contributed by atoms with Gasteiger partial charge in [0, 0.05) is 11.9 Å². The van der Waals surface area contributed by atoms with E-state index in [0.717, 1.165) is 35.0 Å². The maximum atomic E-state index is 12.5. The van der Waals surface area contributed by atoms with Gasteiger partial charge in [-0.2, -0.15) is 0 Å². The lowest BCUT2D eigenvalue weighted by molar-refractivity contribution is -0.117. The van der Waals surface area contributed by atoms with Gasteiger partial charge in [-0.05, 0) is 24.8 Å². The Morgan fingerprint density at radius 3 is 2.76 bits per heavy atom. The second kappa shape index (κ2) is 8.48. The number of hydrogen-bond acceptors (Lipinski definition) is 6. The molecule has 0 radical (unpaired) electrons. The topological polar surface area (TPSA) is 104 Å². The van der Waals surface area contributed by atoms with Crippen LogP contribution in [0.1, 0.15) is 30.7 Å². The zero-order chi connectivity index (χ0) is 18.6. The summed E-state index contributed by atoms with van der Waals surface area (Å²) >= 11 is 2.59. The van der Waals surface area contributed by atoms with Crippen molar-refractivity contribution in [3.63, 3.8) is 0 Å². The van der Waals surface area contributed by atoms with Gasteiger partial charge in [0.2, 0.25) is 5.91 Å². The van der Waals surface area contributed by atoms with Crippen LogP contribution in [0.15, 0.2) is 9.95 Å². The molecule has 136 valence electrons. The minimum atomic E-state index is -0.564. The van der Waals surface area contributed by atoms with Crippen LogP contribution in [0.2, 0.25) is 0 Å². The fraction of sp³-hybridized carbons (Fsp3) is 0.500. The SMILES string of the molecule is CC[C@@H](C)Cc1c(C)sc2nc(SCC(=O)NC(=O)NC)[nH]c(=O)c12. The van der Waals surface area contributed by atoms with Crippen LogP contribution in [0.5, 0.6) is 0 Å². The van der Waals surface area contributed by atoms with Gasteiger partial charge in [-0.1, -0.05) is 32.0 Å². The number of amides is 3. The number of rotatable bonds is 6. The van der Waals surface area contributed by atoms with Crippen LogP contribution in [0, 0.1) is 12.8 Å².